The minimum atomic E-state index is -0.440. The molecule has 0 saturated heterocycles. The molecule has 0 aromatic carbocycles. The highest BCUT2D eigenvalue weighted by Gasteiger charge is 2.23. The zero-order valence-corrected chi connectivity index (χ0v) is 15.6. The molecule has 0 fully saturated rings. The van der Waals surface area contributed by atoms with E-state index in [0.29, 0.717) is 34.2 Å². The van der Waals surface area contributed by atoms with Crippen molar-refractivity contribution in [3.63, 3.8) is 0 Å². The molecule has 0 amide bonds. The Morgan fingerprint density at radius 3 is 2.64 bits per heavy atom. The Morgan fingerprint density at radius 2 is 2.00 bits per heavy atom. The quantitative estimate of drug-likeness (QED) is 0.420. The van der Waals surface area contributed by atoms with Crippen LogP contribution in [-0.2, 0) is 11.3 Å². The minimum Gasteiger partial charge on any atom is -0.462 e. The maximum atomic E-state index is 12.5. The Bertz CT molecular complexity index is 834. The van der Waals surface area contributed by atoms with Crippen LogP contribution in [0.4, 0.5) is 0 Å². The van der Waals surface area contributed by atoms with Crippen molar-refractivity contribution in [2.45, 2.75) is 45.8 Å². The molecule has 2 rings (SSSR count). The Balaban J connectivity index is 2.16. The number of esters is 1. The standard InChI is InChI=1S/C16H22N4O4S/c1-5-7-20-15(23)18-19-16(20)25-8-11(21)13-9(3)12(10(4)17-13)14(22)24-6-2/h17H,5-8H2,1-4H3,(H,18,23). The van der Waals surface area contributed by atoms with Gasteiger partial charge < -0.3 is 9.72 Å². The number of H-pyrrole nitrogens is 2. The number of nitrogens with one attached hydrogen (secondary N) is 2. The molecular formula is C16H22N4O4S. The zero-order valence-electron chi connectivity index (χ0n) is 14.8. The third-order valence-electron chi connectivity index (χ3n) is 3.70. The van der Waals surface area contributed by atoms with Crippen molar-refractivity contribution in [2.75, 3.05) is 12.4 Å². The molecule has 2 aromatic heterocycles. The molecule has 2 N–H and O–H groups in total. The summed E-state index contributed by atoms with van der Waals surface area (Å²) < 4.78 is 6.54. The summed E-state index contributed by atoms with van der Waals surface area (Å²) in [6, 6.07) is 0. The number of nitrogens with zero attached hydrogens (tertiary/aromatic N) is 2. The normalized spacial score (nSPS) is 10.9. The van der Waals surface area contributed by atoms with Gasteiger partial charge >= 0.3 is 11.7 Å². The molecular weight excluding hydrogens is 344 g/mol. The maximum absolute atomic E-state index is 12.5. The van der Waals surface area contributed by atoms with Crippen molar-refractivity contribution >= 4 is 23.5 Å². The summed E-state index contributed by atoms with van der Waals surface area (Å²) in [6.45, 7) is 7.96. The fourth-order valence-corrected chi connectivity index (χ4v) is 3.42. The number of ketones is 1. The van der Waals surface area contributed by atoms with Crippen molar-refractivity contribution in [3.8, 4) is 0 Å². The predicted octanol–water partition coefficient (Wildman–Crippen LogP) is 2.08. The van der Waals surface area contributed by atoms with Gasteiger partial charge in [-0.05, 0) is 32.8 Å². The highest BCUT2D eigenvalue weighted by Crippen LogP contribution is 2.22. The fourth-order valence-electron chi connectivity index (χ4n) is 2.57. The second kappa shape index (κ2) is 8.19. The molecule has 8 nitrogen and oxygen atoms in total. The number of aromatic nitrogens is 4. The molecule has 136 valence electrons. The average molecular weight is 366 g/mol. The molecule has 2 aromatic rings. The summed E-state index contributed by atoms with van der Waals surface area (Å²) in [4.78, 5) is 39.2. The summed E-state index contributed by atoms with van der Waals surface area (Å²) in [6.07, 6.45) is 0.790. The van der Waals surface area contributed by atoms with Gasteiger partial charge in [0.15, 0.2) is 10.9 Å². The van der Waals surface area contributed by atoms with Crippen molar-refractivity contribution in [1.82, 2.24) is 19.7 Å². The first kappa shape index (κ1) is 19.0. The van der Waals surface area contributed by atoms with Crippen LogP contribution in [-0.4, -0.2) is 43.9 Å². The molecule has 0 aliphatic carbocycles. The molecule has 0 atom stereocenters. The number of aryl methyl sites for hydroxylation is 1. The number of carbonyl (C=O) groups excluding carboxylic acids is 2. The van der Waals surface area contributed by atoms with Crippen LogP contribution in [0.3, 0.4) is 0 Å². The van der Waals surface area contributed by atoms with Gasteiger partial charge in [0, 0.05) is 12.2 Å². The summed E-state index contributed by atoms with van der Waals surface area (Å²) in [5.41, 5.74) is 1.68. The fraction of sp³-hybridized carbons (Fsp3) is 0.500. The van der Waals surface area contributed by atoms with Crippen LogP contribution >= 0.6 is 11.8 Å². The Morgan fingerprint density at radius 1 is 1.28 bits per heavy atom. The topological polar surface area (TPSA) is 110 Å². The molecule has 9 heteroatoms. The first-order valence-electron chi connectivity index (χ1n) is 8.08. The third-order valence-corrected chi connectivity index (χ3v) is 4.68. The number of Topliss-reactive ketones (excluding diaryl/α,β-unsaturated/α-hetero) is 1. The van der Waals surface area contributed by atoms with E-state index in [4.69, 9.17) is 4.74 Å². The lowest BCUT2D eigenvalue weighted by Gasteiger charge is -2.04. The van der Waals surface area contributed by atoms with Gasteiger partial charge in [-0.2, -0.15) is 0 Å². The SMILES string of the molecule is CCCn1c(SCC(=O)c2[nH]c(C)c(C(=O)OCC)c2C)n[nH]c1=O. The van der Waals surface area contributed by atoms with E-state index < -0.39 is 5.97 Å². The highest BCUT2D eigenvalue weighted by molar-refractivity contribution is 7.99. The second-order valence-corrected chi connectivity index (χ2v) is 6.46. The molecule has 0 bridgehead atoms. The maximum Gasteiger partial charge on any atom is 0.343 e. The van der Waals surface area contributed by atoms with Crippen LogP contribution in [0, 0.1) is 13.8 Å². The van der Waals surface area contributed by atoms with E-state index in [1.165, 1.54) is 16.3 Å². The molecule has 2 heterocycles. The van der Waals surface area contributed by atoms with Crippen LogP contribution in [0.1, 0.15) is 52.4 Å². The number of aromatic amines is 2. The third kappa shape index (κ3) is 4.04. The van der Waals surface area contributed by atoms with Crippen molar-refractivity contribution in [2.24, 2.45) is 0 Å². The minimum absolute atomic E-state index is 0.108. The van der Waals surface area contributed by atoms with E-state index >= 15 is 0 Å². The number of thioether (sulfide) groups is 1. The summed E-state index contributed by atoms with van der Waals surface area (Å²) in [5.74, 6) is -0.499. The first-order chi connectivity index (χ1) is 11.9. The van der Waals surface area contributed by atoms with Gasteiger partial charge in [-0.1, -0.05) is 18.7 Å². The van der Waals surface area contributed by atoms with Crippen molar-refractivity contribution in [1.29, 1.82) is 0 Å². The highest BCUT2D eigenvalue weighted by atomic mass is 32.2. The van der Waals surface area contributed by atoms with Gasteiger partial charge in [0.25, 0.3) is 0 Å². The van der Waals surface area contributed by atoms with E-state index in [1.807, 2.05) is 6.92 Å². The van der Waals surface area contributed by atoms with Gasteiger partial charge in [-0.3, -0.25) is 9.36 Å². The molecule has 0 radical (unpaired) electrons. The lowest BCUT2D eigenvalue weighted by molar-refractivity contribution is 0.0525. The molecule has 0 aliphatic heterocycles. The number of carbonyl (C=O) groups is 2. The average Bonchev–Trinajstić information content (AvgIpc) is 3.06. The lowest BCUT2D eigenvalue weighted by atomic mass is 10.1. The Hall–Kier alpha value is -2.29. The molecule has 0 unspecified atom stereocenters. The van der Waals surface area contributed by atoms with Gasteiger partial charge in [0.2, 0.25) is 0 Å². The zero-order chi connectivity index (χ0) is 18.6. The molecule has 0 aliphatic rings. The van der Waals surface area contributed by atoms with Crippen LogP contribution in [0.5, 0.6) is 0 Å². The van der Waals surface area contributed by atoms with Crippen LogP contribution < -0.4 is 5.69 Å². The molecule has 0 spiro atoms. The lowest BCUT2D eigenvalue weighted by Crippen LogP contribution is -2.17. The van der Waals surface area contributed by atoms with Crippen molar-refractivity contribution in [3.05, 3.63) is 33.0 Å². The van der Waals surface area contributed by atoms with Crippen LogP contribution in [0.25, 0.3) is 0 Å². The number of rotatable bonds is 8. The van der Waals surface area contributed by atoms with E-state index in [1.54, 1.807) is 20.8 Å². The monoisotopic (exact) mass is 366 g/mol. The Labute approximate surface area is 149 Å². The van der Waals surface area contributed by atoms with Gasteiger partial charge in [-0.15, -0.1) is 5.10 Å². The van der Waals surface area contributed by atoms with Crippen LogP contribution in [0.2, 0.25) is 0 Å². The smallest absolute Gasteiger partial charge is 0.343 e. The van der Waals surface area contributed by atoms with E-state index in [0.717, 1.165) is 6.42 Å². The predicted molar refractivity (Wildman–Crippen MR) is 94.4 cm³/mol. The Kier molecular flexibility index (Phi) is 6.24. The van der Waals surface area contributed by atoms with Crippen LogP contribution in [0.15, 0.2) is 9.95 Å². The summed E-state index contributed by atoms with van der Waals surface area (Å²) in [5, 5.41) is 6.82. The van der Waals surface area contributed by atoms with Gasteiger partial charge in [-0.25, -0.2) is 14.7 Å². The summed E-state index contributed by atoms with van der Waals surface area (Å²) >= 11 is 1.19. The molecule has 0 saturated carbocycles. The van der Waals surface area contributed by atoms with E-state index in [2.05, 4.69) is 15.2 Å². The molecule has 25 heavy (non-hydrogen) atoms. The first-order valence-corrected chi connectivity index (χ1v) is 9.06. The number of ether oxygens (including phenoxy) is 1. The second-order valence-electron chi connectivity index (χ2n) is 5.52. The largest absolute Gasteiger partial charge is 0.462 e. The van der Waals surface area contributed by atoms with E-state index in [9.17, 15) is 14.4 Å². The van der Waals surface area contributed by atoms with E-state index in [-0.39, 0.29) is 23.8 Å². The number of hydrogen-bond acceptors (Lipinski definition) is 6. The summed E-state index contributed by atoms with van der Waals surface area (Å²) in [7, 11) is 0. The van der Waals surface area contributed by atoms with Gasteiger partial charge in [0.05, 0.1) is 23.6 Å². The van der Waals surface area contributed by atoms with Gasteiger partial charge in [0.1, 0.15) is 0 Å². The van der Waals surface area contributed by atoms with Crippen molar-refractivity contribution < 1.29 is 14.3 Å². The number of hydrogen-bond donors (Lipinski definition) is 2.